The Morgan fingerprint density at radius 2 is 1.55 bits per heavy atom. The summed E-state index contributed by atoms with van der Waals surface area (Å²) in [4.78, 5) is 27.5. The third-order valence-electron chi connectivity index (χ3n) is 5.49. The maximum absolute atomic E-state index is 13.2. The molecular formula is C24H17N5OS. The Balaban J connectivity index is 1.48. The number of carbonyl (C=O) groups is 1. The van der Waals surface area contributed by atoms with Gasteiger partial charge in [-0.1, -0.05) is 53.8 Å². The Morgan fingerprint density at radius 3 is 2.35 bits per heavy atom. The van der Waals surface area contributed by atoms with E-state index in [-0.39, 0.29) is 5.91 Å². The molecule has 3 aromatic carbocycles. The van der Waals surface area contributed by atoms with E-state index in [4.69, 9.17) is 9.97 Å². The van der Waals surface area contributed by atoms with Crippen LogP contribution in [0.3, 0.4) is 0 Å². The van der Waals surface area contributed by atoms with Crippen LogP contribution in [0, 0.1) is 0 Å². The molecule has 0 saturated carbocycles. The first-order chi connectivity index (χ1) is 15.2. The van der Waals surface area contributed by atoms with Gasteiger partial charge in [0.1, 0.15) is 11.6 Å². The summed E-state index contributed by atoms with van der Waals surface area (Å²) in [5.41, 5.74) is 4.95. The fourth-order valence-corrected chi connectivity index (χ4v) is 4.85. The fourth-order valence-electron chi connectivity index (χ4n) is 3.98. The van der Waals surface area contributed by atoms with Gasteiger partial charge in [-0.2, -0.15) is 0 Å². The SMILES string of the molecule is CC(C(=O)Nc1nc2ccccc2s1)n1c2ccccc2c2nc3ccccc3nc21. The number of anilines is 1. The summed E-state index contributed by atoms with van der Waals surface area (Å²) in [6.45, 7) is 1.88. The average molecular weight is 424 g/mol. The van der Waals surface area contributed by atoms with Gasteiger partial charge in [0.15, 0.2) is 10.8 Å². The minimum absolute atomic E-state index is 0.142. The summed E-state index contributed by atoms with van der Waals surface area (Å²) in [6.07, 6.45) is 0. The fraction of sp³-hybridized carbons (Fsp3) is 0.0833. The van der Waals surface area contributed by atoms with Crippen molar-refractivity contribution in [1.82, 2.24) is 19.5 Å². The van der Waals surface area contributed by atoms with Crippen molar-refractivity contribution in [2.75, 3.05) is 5.32 Å². The number of hydrogen-bond acceptors (Lipinski definition) is 5. The van der Waals surface area contributed by atoms with Crippen LogP contribution in [-0.2, 0) is 4.79 Å². The second-order valence-corrected chi connectivity index (χ2v) is 8.45. The lowest BCUT2D eigenvalue weighted by atomic mass is 10.2. The number of rotatable bonds is 3. The van der Waals surface area contributed by atoms with Crippen LogP contribution in [-0.4, -0.2) is 25.4 Å². The third-order valence-corrected chi connectivity index (χ3v) is 6.44. The molecule has 0 bridgehead atoms. The number of nitrogens with one attached hydrogen (secondary N) is 1. The van der Waals surface area contributed by atoms with E-state index in [1.807, 2.05) is 84.3 Å². The highest BCUT2D eigenvalue weighted by Gasteiger charge is 2.23. The van der Waals surface area contributed by atoms with Crippen LogP contribution in [0.4, 0.5) is 5.13 Å². The Bertz CT molecular complexity index is 1580. The predicted molar refractivity (Wildman–Crippen MR) is 126 cm³/mol. The predicted octanol–water partition coefficient (Wildman–Crippen LogP) is 5.55. The molecule has 0 fully saturated rings. The monoisotopic (exact) mass is 423 g/mol. The minimum Gasteiger partial charge on any atom is -0.312 e. The van der Waals surface area contributed by atoms with Crippen LogP contribution in [0.5, 0.6) is 0 Å². The summed E-state index contributed by atoms with van der Waals surface area (Å²) >= 11 is 1.47. The first-order valence-corrected chi connectivity index (χ1v) is 10.8. The van der Waals surface area contributed by atoms with Gasteiger partial charge < -0.3 is 9.88 Å². The molecule has 0 radical (unpaired) electrons. The van der Waals surface area contributed by atoms with E-state index >= 15 is 0 Å². The van der Waals surface area contributed by atoms with Crippen molar-refractivity contribution in [2.45, 2.75) is 13.0 Å². The molecule has 0 aliphatic carbocycles. The third kappa shape index (κ3) is 2.85. The molecule has 6 nitrogen and oxygen atoms in total. The number of hydrogen-bond donors (Lipinski definition) is 1. The molecule has 6 rings (SSSR count). The first-order valence-electron chi connectivity index (χ1n) is 10.0. The summed E-state index contributed by atoms with van der Waals surface area (Å²) in [5.74, 6) is -0.142. The number of nitrogens with zero attached hydrogens (tertiary/aromatic N) is 4. The smallest absolute Gasteiger partial charge is 0.249 e. The number of carbonyl (C=O) groups excluding carboxylic acids is 1. The van der Waals surface area contributed by atoms with Crippen molar-refractivity contribution in [3.63, 3.8) is 0 Å². The first kappa shape index (κ1) is 18.0. The lowest BCUT2D eigenvalue weighted by Crippen LogP contribution is -2.23. The van der Waals surface area contributed by atoms with E-state index in [0.29, 0.717) is 10.8 Å². The highest BCUT2D eigenvalue weighted by Crippen LogP contribution is 2.32. The highest BCUT2D eigenvalue weighted by atomic mass is 32.1. The van der Waals surface area contributed by atoms with Crippen LogP contribution in [0.1, 0.15) is 13.0 Å². The van der Waals surface area contributed by atoms with Crippen LogP contribution in [0.25, 0.3) is 43.3 Å². The second kappa shape index (κ2) is 6.85. The zero-order valence-electron chi connectivity index (χ0n) is 16.6. The molecule has 31 heavy (non-hydrogen) atoms. The lowest BCUT2D eigenvalue weighted by Gasteiger charge is -2.15. The van der Waals surface area contributed by atoms with Gasteiger partial charge in [-0.3, -0.25) is 4.79 Å². The molecule has 0 aliphatic rings. The molecule has 1 unspecified atom stereocenters. The molecule has 0 spiro atoms. The quantitative estimate of drug-likeness (QED) is 0.405. The molecule has 6 aromatic rings. The largest absolute Gasteiger partial charge is 0.312 e. The van der Waals surface area contributed by atoms with E-state index in [1.54, 1.807) is 0 Å². The molecule has 3 aromatic heterocycles. The van der Waals surface area contributed by atoms with E-state index < -0.39 is 6.04 Å². The summed E-state index contributed by atoms with van der Waals surface area (Å²) in [5, 5.41) is 4.56. The van der Waals surface area contributed by atoms with Crippen molar-refractivity contribution in [1.29, 1.82) is 0 Å². The Kier molecular flexibility index (Phi) is 3.97. The maximum Gasteiger partial charge on any atom is 0.249 e. The van der Waals surface area contributed by atoms with Gasteiger partial charge in [-0.05, 0) is 37.3 Å². The van der Waals surface area contributed by atoms with Crippen LogP contribution in [0.15, 0.2) is 72.8 Å². The van der Waals surface area contributed by atoms with Gasteiger partial charge in [0.2, 0.25) is 5.91 Å². The van der Waals surface area contributed by atoms with Crippen molar-refractivity contribution < 1.29 is 4.79 Å². The van der Waals surface area contributed by atoms with Crippen molar-refractivity contribution in [3.05, 3.63) is 72.8 Å². The van der Waals surface area contributed by atoms with E-state index in [9.17, 15) is 4.79 Å². The molecule has 1 amide bonds. The molecule has 1 N–H and O–H groups in total. The molecule has 150 valence electrons. The molecule has 0 saturated heterocycles. The molecule has 1 atom stereocenters. The number of benzene rings is 3. The Morgan fingerprint density at radius 1 is 0.871 bits per heavy atom. The van der Waals surface area contributed by atoms with E-state index in [1.165, 1.54) is 11.3 Å². The number of thiazole rings is 1. The van der Waals surface area contributed by atoms with Gasteiger partial charge in [0.05, 0.1) is 26.8 Å². The number of para-hydroxylation sites is 4. The van der Waals surface area contributed by atoms with Gasteiger partial charge in [0, 0.05) is 5.39 Å². The number of amides is 1. The van der Waals surface area contributed by atoms with Crippen LogP contribution < -0.4 is 5.32 Å². The normalized spacial score (nSPS) is 12.7. The van der Waals surface area contributed by atoms with Gasteiger partial charge >= 0.3 is 0 Å². The van der Waals surface area contributed by atoms with Crippen LogP contribution in [0.2, 0.25) is 0 Å². The van der Waals surface area contributed by atoms with E-state index in [0.717, 1.165) is 37.7 Å². The van der Waals surface area contributed by atoms with E-state index in [2.05, 4.69) is 10.3 Å². The second-order valence-electron chi connectivity index (χ2n) is 7.42. The zero-order chi connectivity index (χ0) is 20.9. The molecule has 7 heteroatoms. The summed E-state index contributed by atoms with van der Waals surface area (Å²) in [7, 11) is 0. The van der Waals surface area contributed by atoms with Gasteiger partial charge in [0.25, 0.3) is 0 Å². The maximum atomic E-state index is 13.2. The molecule has 3 heterocycles. The van der Waals surface area contributed by atoms with Crippen molar-refractivity contribution in [3.8, 4) is 0 Å². The van der Waals surface area contributed by atoms with Crippen molar-refractivity contribution in [2.24, 2.45) is 0 Å². The summed E-state index contributed by atoms with van der Waals surface area (Å²) < 4.78 is 3.01. The highest BCUT2D eigenvalue weighted by molar-refractivity contribution is 7.22. The van der Waals surface area contributed by atoms with Gasteiger partial charge in [-0.25, -0.2) is 15.0 Å². The zero-order valence-corrected chi connectivity index (χ0v) is 17.4. The standard InChI is InChI=1S/C24H17N5OS/c1-14(23(30)28-24-27-18-11-5-7-13-20(18)31-24)29-19-12-6-2-8-15(19)21-22(29)26-17-10-4-3-9-16(17)25-21/h2-14H,1H3,(H,27,28,30). The Hall–Kier alpha value is -3.84. The molecular weight excluding hydrogens is 406 g/mol. The van der Waals surface area contributed by atoms with Crippen molar-refractivity contribution >= 4 is 65.7 Å². The number of aromatic nitrogens is 4. The average Bonchev–Trinajstić information content (AvgIpc) is 3.35. The molecule has 0 aliphatic heterocycles. The van der Waals surface area contributed by atoms with Gasteiger partial charge in [-0.15, -0.1) is 0 Å². The minimum atomic E-state index is -0.495. The topological polar surface area (TPSA) is 72.7 Å². The Labute approximate surface area is 181 Å². The number of fused-ring (bicyclic) bond motifs is 5. The lowest BCUT2D eigenvalue weighted by molar-refractivity contribution is -0.118. The summed E-state index contributed by atoms with van der Waals surface area (Å²) in [6, 6.07) is 23.1. The van der Waals surface area contributed by atoms with Crippen LogP contribution >= 0.6 is 11.3 Å².